The number of benzene rings is 3. The van der Waals surface area contributed by atoms with Gasteiger partial charge in [-0.2, -0.15) is 0 Å². The normalized spacial score (nSPS) is 10.9. The molecule has 0 saturated carbocycles. The third-order valence-corrected chi connectivity index (χ3v) is 6.45. The third kappa shape index (κ3) is 6.01. The van der Waals surface area contributed by atoms with E-state index in [4.69, 9.17) is 9.47 Å². The van der Waals surface area contributed by atoms with Gasteiger partial charge < -0.3 is 14.8 Å². The molecule has 1 N–H and O–H groups in total. The smallest absolute Gasteiger partial charge is 0.264 e. The number of rotatable bonds is 10. The number of aryl methyl sites for hydroxylation is 1. The molecule has 0 aromatic heterocycles. The Morgan fingerprint density at radius 2 is 1.62 bits per heavy atom. The Morgan fingerprint density at radius 3 is 2.28 bits per heavy atom. The van der Waals surface area contributed by atoms with Crippen LogP contribution in [0.5, 0.6) is 11.5 Å². The van der Waals surface area contributed by atoms with Crippen LogP contribution in [-0.2, 0) is 14.8 Å². The summed E-state index contributed by atoms with van der Waals surface area (Å²) in [5.41, 5.74) is 1.32. The van der Waals surface area contributed by atoms with E-state index >= 15 is 0 Å². The van der Waals surface area contributed by atoms with Crippen molar-refractivity contribution in [2.75, 3.05) is 31.1 Å². The zero-order valence-electron chi connectivity index (χ0n) is 18.0. The Labute approximate surface area is 188 Å². The first-order chi connectivity index (χ1) is 15.4. The fourth-order valence-corrected chi connectivity index (χ4v) is 4.47. The van der Waals surface area contributed by atoms with E-state index in [0.717, 1.165) is 15.6 Å². The number of ether oxygens (including phenoxy) is 2. The van der Waals surface area contributed by atoms with Gasteiger partial charge in [0.1, 0.15) is 24.7 Å². The van der Waals surface area contributed by atoms with Crippen molar-refractivity contribution >= 4 is 21.6 Å². The lowest BCUT2D eigenvalue weighted by Crippen LogP contribution is -2.42. The number of carbonyl (C=O) groups excluding carboxylic acids is 1. The van der Waals surface area contributed by atoms with Crippen LogP contribution in [0.4, 0.5) is 5.69 Å². The van der Waals surface area contributed by atoms with Crippen LogP contribution in [0.3, 0.4) is 0 Å². The Balaban J connectivity index is 1.66. The number of hydrogen-bond acceptors (Lipinski definition) is 5. The Morgan fingerprint density at radius 1 is 0.938 bits per heavy atom. The number of nitrogens with zero attached hydrogens (tertiary/aromatic N) is 1. The summed E-state index contributed by atoms with van der Waals surface area (Å²) in [6.45, 7) is 2.00. The van der Waals surface area contributed by atoms with Crippen molar-refractivity contribution in [1.82, 2.24) is 5.32 Å². The van der Waals surface area contributed by atoms with Gasteiger partial charge in [0, 0.05) is 0 Å². The molecule has 3 aromatic carbocycles. The number of methoxy groups -OCH3 is 1. The van der Waals surface area contributed by atoms with Crippen LogP contribution >= 0.6 is 0 Å². The van der Waals surface area contributed by atoms with Crippen LogP contribution in [0.2, 0.25) is 0 Å². The van der Waals surface area contributed by atoms with E-state index in [2.05, 4.69) is 5.32 Å². The highest BCUT2D eigenvalue weighted by Gasteiger charge is 2.27. The Hall–Kier alpha value is -3.52. The highest BCUT2D eigenvalue weighted by molar-refractivity contribution is 7.92. The van der Waals surface area contributed by atoms with Crippen LogP contribution in [0.15, 0.2) is 83.8 Å². The zero-order chi connectivity index (χ0) is 23.0. The van der Waals surface area contributed by atoms with Crippen molar-refractivity contribution in [3.05, 3.63) is 84.4 Å². The molecule has 0 bridgehead atoms. The molecule has 32 heavy (non-hydrogen) atoms. The quantitative estimate of drug-likeness (QED) is 0.475. The molecule has 0 saturated heterocycles. The van der Waals surface area contributed by atoms with Crippen molar-refractivity contribution in [1.29, 1.82) is 0 Å². The molecule has 0 spiro atoms. The summed E-state index contributed by atoms with van der Waals surface area (Å²) in [6.07, 6.45) is 0. The van der Waals surface area contributed by atoms with E-state index in [1.165, 1.54) is 12.1 Å². The van der Waals surface area contributed by atoms with E-state index in [1.54, 1.807) is 67.8 Å². The molecular weight excluding hydrogens is 428 g/mol. The number of carbonyl (C=O) groups is 1. The maximum Gasteiger partial charge on any atom is 0.264 e. The average molecular weight is 455 g/mol. The van der Waals surface area contributed by atoms with Crippen molar-refractivity contribution in [2.45, 2.75) is 11.8 Å². The third-order valence-electron chi connectivity index (χ3n) is 4.66. The summed E-state index contributed by atoms with van der Waals surface area (Å²) in [6, 6.07) is 22.2. The summed E-state index contributed by atoms with van der Waals surface area (Å²) >= 11 is 0. The Bertz CT molecular complexity index is 1130. The SMILES string of the molecule is COc1ccc(OCCNC(=O)CN(c2cccc(C)c2)S(=O)(=O)c2ccccc2)cc1. The van der Waals surface area contributed by atoms with E-state index in [9.17, 15) is 13.2 Å². The van der Waals surface area contributed by atoms with Gasteiger partial charge in [0.05, 0.1) is 24.2 Å². The molecule has 1 amide bonds. The van der Waals surface area contributed by atoms with Gasteiger partial charge in [0.2, 0.25) is 5.91 Å². The first kappa shape index (κ1) is 23.1. The minimum absolute atomic E-state index is 0.122. The van der Waals surface area contributed by atoms with Crippen molar-refractivity contribution in [3.8, 4) is 11.5 Å². The van der Waals surface area contributed by atoms with Crippen LogP contribution in [-0.4, -0.2) is 41.1 Å². The molecule has 0 aliphatic carbocycles. The maximum atomic E-state index is 13.3. The van der Waals surface area contributed by atoms with Crippen molar-refractivity contribution < 1.29 is 22.7 Å². The lowest BCUT2D eigenvalue weighted by atomic mass is 10.2. The predicted molar refractivity (Wildman–Crippen MR) is 124 cm³/mol. The fraction of sp³-hybridized carbons (Fsp3) is 0.208. The highest BCUT2D eigenvalue weighted by Crippen LogP contribution is 2.24. The molecular formula is C24H26N2O5S. The van der Waals surface area contributed by atoms with Crippen LogP contribution in [0.25, 0.3) is 0 Å². The van der Waals surface area contributed by atoms with E-state index in [-0.39, 0.29) is 24.6 Å². The van der Waals surface area contributed by atoms with Crippen LogP contribution in [0, 0.1) is 6.92 Å². The number of hydrogen-bond donors (Lipinski definition) is 1. The summed E-state index contributed by atoms with van der Waals surface area (Å²) in [5, 5.41) is 2.72. The minimum Gasteiger partial charge on any atom is -0.497 e. The largest absolute Gasteiger partial charge is 0.497 e. The van der Waals surface area contributed by atoms with Crippen molar-refractivity contribution in [3.63, 3.8) is 0 Å². The van der Waals surface area contributed by atoms with Gasteiger partial charge in [-0.25, -0.2) is 8.42 Å². The van der Waals surface area contributed by atoms with Gasteiger partial charge in [-0.1, -0.05) is 30.3 Å². The number of sulfonamides is 1. The fourth-order valence-electron chi connectivity index (χ4n) is 3.04. The average Bonchev–Trinajstić information content (AvgIpc) is 2.81. The first-order valence-corrected chi connectivity index (χ1v) is 11.5. The van der Waals surface area contributed by atoms with Gasteiger partial charge in [-0.3, -0.25) is 9.10 Å². The maximum absolute atomic E-state index is 13.3. The monoisotopic (exact) mass is 454 g/mol. The second-order valence-corrected chi connectivity index (χ2v) is 8.90. The van der Waals surface area contributed by atoms with Gasteiger partial charge in [-0.05, 0) is 61.0 Å². The number of nitrogens with one attached hydrogen (secondary N) is 1. The number of amides is 1. The standard InChI is InChI=1S/C24H26N2O5S/c1-19-7-6-8-20(17-19)26(32(28,29)23-9-4-3-5-10-23)18-24(27)25-15-16-31-22-13-11-21(30-2)12-14-22/h3-14,17H,15-16,18H2,1-2H3,(H,25,27). The van der Waals surface area contributed by atoms with Crippen LogP contribution in [0.1, 0.15) is 5.56 Å². The molecule has 0 radical (unpaired) electrons. The van der Waals surface area contributed by atoms with E-state index in [1.807, 2.05) is 13.0 Å². The molecule has 0 fully saturated rings. The zero-order valence-corrected chi connectivity index (χ0v) is 18.8. The Kier molecular flexibility index (Phi) is 7.72. The van der Waals surface area contributed by atoms with Gasteiger partial charge in [-0.15, -0.1) is 0 Å². The second kappa shape index (κ2) is 10.7. The molecule has 0 aliphatic heterocycles. The lowest BCUT2D eigenvalue weighted by molar-refractivity contribution is -0.119. The summed E-state index contributed by atoms with van der Waals surface area (Å²) in [7, 11) is -2.33. The molecule has 0 atom stereocenters. The number of anilines is 1. The topological polar surface area (TPSA) is 84.9 Å². The summed E-state index contributed by atoms with van der Waals surface area (Å²) < 4.78 is 38.3. The van der Waals surface area contributed by atoms with Crippen molar-refractivity contribution in [2.24, 2.45) is 0 Å². The first-order valence-electron chi connectivity index (χ1n) is 10.1. The molecule has 0 unspecified atom stereocenters. The second-order valence-electron chi connectivity index (χ2n) is 7.04. The summed E-state index contributed by atoms with van der Waals surface area (Å²) in [5.74, 6) is 0.943. The lowest BCUT2D eigenvalue weighted by Gasteiger charge is -2.24. The molecule has 0 aliphatic rings. The van der Waals surface area contributed by atoms with Gasteiger partial charge >= 0.3 is 0 Å². The minimum atomic E-state index is -3.92. The molecule has 7 nitrogen and oxygen atoms in total. The van der Waals surface area contributed by atoms with E-state index < -0.39 is 15.9 Å². The van der Waals surface area contributed by atoms with Crippen LogP contribution < -0.4 is 19.1 Å². The molecule has 3 rings (SSSR count). The molecule has 3 aromatic rings. The summed E-state index contributed by atoms with van der Waals surface area (Å²) in [4.78, 5) is 12.7. The van der Waals surface area contributed by atoms with Gasteiger partial charge in [0.25, 0.3) is 10.0 Å². The molecule has 0 heterocycles. The van der Waals surface area contributed by atoms with E-state index in [0.29, 0.717) is 11.4 Å². The predicted octanol–water partition coefficient (Wildman–Crippen LogP) is 3.39. The highest BCUT2D eigenvalue weighted by atomic mass is 32.2. The molecule has 8 heteroatoms. The van der Waals surface area contributed by atoms with Gasteiger partial charge in [0.15, 0.2) is 0 Å². The molecule has 168 valence electrons.